The minimum absolute atomic E-state index is 0.0112. The number of Topliss-reactive ketones (excluding diaryl/α,β-unsaturated/α-hetero) is 1. The number of rotatable bonds is 6. The molecule has 1 aliphatic rings. The summed E-state index contributed by atoms with van der Waals surface area (Å²) in [6, 6.07) is 17.7. The molecule has 1 aliphatic heterocycles. The summed E-state index contributed by atoms with van der Waals surface area (Å²) in [7, 11) is 1.55. The molecule has 184 valence electrons. The maximum atomic E-state index is 13.3. The zero-order valence-corrected chi connectivity index (χ0v) is 20.6. The van der Waals surface area contributed by atoms with Gasteiger partial charge in [-0.1, -0.05) is 24.3 Å². The average Bonchev–Trinajstić information content (AvgIpc) is 3.15. The van der Waals surface area contributed by atoms with Crippen molar-refractivity contribution < 1.29 is 29.0 Å². The van der Waals surface area contributed by atoms with Crippen molar-refractivity contribution in [2.24, 2.45) is 0 Å². The third kappa shape index (κ3) is 4.47. The lowest BCUT2D eigenvalue weighted by atomic mass is 9.94. The molecule has 0 spiro atoms. The summed E-state index contributed by atoms with van der Waals surface area (Å²) in [4.78, 5) is 40.1. The summed E-state index contributed by atoms with van der Waals surface area (Å²) < 4.78 is 10.3. The SMILES string of the molecule is CCOC(=O)c1ccc(N2C(=O)C(=O)/C(=C(\O)c3ccc(C)c(C)c3)C2c2ccc(OC)cc2)cc1. The summed E-state index contributed by atoms with van der Waals surface area (Å²) in [6.07, 6.45) is 0. The van der Waals surface area contributed by atoms with Gasteiger partial charge in [0.1, 0.15) is 11.5 Å². The number of anilines is 1. The molecular formula is C29H27NO6. The van der Waals surface area contributed by atoms with Crippen LogP contribution in [0.3, 0.4) is 0 Å². The molecule has 1 atom stereocenters. The van der Waals surface area contributed by atoms with Crippen molar-refractivity contribution in [3.8, 4) is 5.75 Å². The van der Waals surface area contributed by atoms with Gasteiger partial charge in [0.25, 0.3) is 11.7 Å². The Hall–Kier alpha value is -4.39. The first-order valence-corrected chi connectivity index (χ1v) is 11.6. The fourth-order valence-corrected chi connectivity index (χ4v) is 4.22. The number of hydrogen-bond acceptors (Lipinski definition) is 6. The molecule has 3 aromatic carbocycles. The van der Waals surface area contributed by atoms with Crippen LogP contribution < -0.4 is 9.64 Å². The Morgan fingerprint density at radius 2 is 1.56 bits per heavy atom. The van der Waals surface area contributed by atoms with Gasteiger partial charge < -0.3 is 14.6 Å². The van der Waals surface area contributed by atoms with Gasteiger partial charge in [-0.15, -0.1) is 0 Å². The molecule has 0 aromatic heterocycles. The normalized spacial score (nSPS) is 16.8. The highest BCUT2D eigenvalue weighted by atomic mass is 16.5. The van der Waals surface area contributed by atoms with Crippen LogP contribution in [0.5, 0.6) is 5.75 Å². The summed E-state index contributed by atoms with van der Waals surface area (Å²) in [6.45, 7) is 5.83. The lowest BCUT2D eigenvalue weighted by Gasteiger charge is -2.25. The molecule has 1 heterocycles. The average molecular weight is 486 g/mol. The Morgan fingerprint density at radius 1 is 0.917 bits per heavy atom. The highest BCUT2D eigenvalue weighted by Crippen LogP contribution is 2.42. The van der Waals surface area contributed by atoms with Gasteiger partial charge in [-0.2, -0.15) is 0 Å². The lowest BCUT2D eigenvalue weighted by molar-refractivity contribution is -0.132. The maximum Gasteiger partial charge on any atom is 0.338 e. The summed E-state index contributed by atoms with van der Waals surface area (Å²) in [5, 5.41) is 11.3. The number of nitrogens with zero attached hydrogens (tertiary/aromatic N) is 1. The quantitative estimate of drug-likeness (QED) is 0.226. The van der Waals surface area contributed by atoms with E-state index in [9.17, 15) is 19.5 Å². The van der Waals surface area contributed by atoms with E-state index in [1.165, 1.54) is 4.90 Å². The highest BCUT2D eigenvalue weighted by Gasteiger charge is 2.47. The Bertz CT molecular complexity index is 1360. The van der Waals surface area contributed by atoms with Gasteiger partial charge in [-0.25, -0.2) is 4.79 Å². The molecule has 3 aromatic rings. The Morgan fingerprint density at radius 3 is 2.14 bits per heavy atom. The number of carbonyl (C=O) groups is 3. The Kier molecular flexibility index (Phi) is 6.92. The number of ketones is 1. The smallest absolute Gasteiger partial charge is 0.338 e. The first kappa shape index (κ1) is 24.7. The van der Waals surface area contributed by atoms with Crippen molar-refractivity contribution in [2.75, 3.05) is 18.6 Å². The standard InChI is InChI=1S/C29H27NO6/c1-5-36-29(34)20-8-12-22(13-9-20)30-25(19-10-14-23(35-4)15-11-19)24(27(32)28(30)33)26(31)21-7-6-17(2)18(3)16-21/h6-16,25,31H,5H2,1-4H3/b26-24-. The third-order valence-electron chi connectivity index (χ3n) is 6.31. The fraction of sp³-hybridized carbons (Fsp3) is 0.207. The second-order valence-corrected chi connectivity index (χ2v) is 8.51. The molecular weight excluding hydrogens is 458 g/mol. The van der Waals surface area contributed by atoms with Crippen molar-refractivity contribution in [1.29, 1.82) is 0 Å². The largest absolute Gasteiger partial charge is 0.507 e. The number of aliphatic hydroxyl groups is 1. The van der Waals surface area contributed by atoms with Crippen LogP contribution in [0.4, 0.5) is 5.69 Å². The molecule has 1 fully saturated rings. The van der Waals surface area contributed by atoms with Crippen LogP contribution in [-0.4, -0.2) is 36.5 Å². The fourth-order valence-electron chi connectivity index (χ4n) is 4.22. The highest BCUT2D eigenvalue weighted by molar-refractivity contribution is 6.51. The van der Waals surface area contributed by atoms with Gasteiger partial charge in [-0.3, -0.25) is 14.5 Å². The second-order valence-electron chi connectivity index (χ2n) is 8.51. The summed E-state index contributed by atoms with van der Waals surface area (Å²) in [5.74, 6) is -1.68. The number of benzene rings is 3. The molecule has 0 aliphatic carbocycles. The second kappa shape index (κ2) is 10.1. The van der Waals surface area contributed by atoms with Crippen LogP contribution in [-0.2, 0) is 14.3 Å². The maximum absolute atomic E-state index is 13.3. The first-order chi connectivity index (χ1) is 17.3. The van der Waals surface area contributed by atoms with Crippen LogP contribution in [0, 0.1) is 13.8 Å². The van der Waals surface area contributed by atoms with Gasteiger partial charge >= 0.3 is 5.97 Å². The van der Waals surface area contributed by atoms with Crippen molar-refractivity contribution >= 4 is 29.1 Å². The molecule has 7 nitrogen and oxygen atoms in total. The van der Waals surface area contributed by atoms with Crippen molar-refractivity contribution in [1.82, 2.24) is 0 Å². The predicted octanol–water partition coefficient (Wildman–Crippen LogP) is 5.12. The van der Waals surface area contributed by atoms with Gasteiger partial charge in [0.15, 0.2) is 0 Å². The molecule has 0 saturated carbocycles. The number of ether oxygens (including phenoxy) is 2. The van der Waals surface area contributed by atoms with Gasteiger partial charge in [0.05, 0.1) is 30.9 Å². The number of aliphatic hydroxyl groups excluding tert-OH is 1. The minimum Gasteiger partial charge on any atom is -0.507 e. The van der Waals surface area contributed by atoms with E-state index < -0.39 is 23.7 Å². The van der Waals surface area contributed by atoms with E-state index in [4.69, 9.17) is 9.47 Å². The van der Waals surface area contributed by atoms with Crippen LogP contribution in [0.15, 0.2) is 72.3 Å². The number of esters is 1. The number of aryl methyl sites for hydroxylation is 2. The number of hydrogen-bond donors (Lipinski definition) is 1. The zero-order chi connectivity index (χ0) is 26.0. The van der Waals surface area contributed by atoms with Crippen LogP contribution in [0.1, 0.15) is 45.6 Å². The molecule has 36 heavy (non-hydrogen) atoms. The van der Waals surface area contributed by atoms with E-state index in [1.54, 1.807) is 74.7 Å². The topological polar surface area (TPSA) is 93.1 Å². The van der Waals surface area contributed by atoms with Crippen LogP contribution in [0.2, 0.25) is 0 Å². The van der Waals surface area contributed by atoms with Crippen LogP contribution >= 0.6 is 0 Å². The molecule has 1 N–H and O–H groups in total. The molecule has 0 radical (unpaired) electrons. The molecule has 1 amide bonds. The van der Waals surface area contributed by atoms with Crippen molar-refractivity contribution in [3.63, 3.8) is 0 Å². The molecule has 7 heteroatoms. The van der Waals surface area contributed by atoms with E-state index in [1.807, 2.05) is 19.9 Å². The monoisotopic (exact) mass is 485 g/mol. The van der Waals surface area contributed by atoms with Gasteiger partial charge in [0, 0.05) is 11.3 Å². The lowest BCUT2D eigenvalue weighted by Crippen LogP contribution is -2.29. The van der Waals surface area contributed by atoms with Crippen molar-refractivity contribution in [3.05, 3.63) is 100 Å². The number of amides is 1. The molecule has 1 saturated heterocycles. The molecule has 4 rings (SSSR count). The minimum atomic E-state index is -0.883. The zero-order valence-electron chi connectivity index (χ0n) is 20.6. The third-order valence-corrected chi connectivity index (χ3v) is 6.31. The van der Waals surface area contributed by atoms with E-state index >= 15 is 0 Å². The predicted molar refractivity (Wildman–Crippen MR) is 136 cm³/mol. The van der Waals surface area contributed by atoms with Gasteiger partial charge in [-0.05, 0) is 79.9 Å². The van der Waals surface area contributed by atoms with E-state index in [0.717, 1.165) is 11.1 Å². The van der Waals surface area contributed by atoms with Crippen molar-refractivity contribution in [2.45, 2.75) is 26.8 Å². The first-order valence-electron chi connectivity index (χ1n) is 11.6. The van der Waals surface area contributed by atoms with E-state index in [0.29, 0.717) is 28.1 Å². The summed E-state index contributed by atoms with van der Waals surface area (Å²) in [5.41, 5.74) is 3.78. The van der Waals surface area contributed by atoms with Crippen LogP contribution in [0.25, 0.3) is 5.76 Å². The number of methoxy groups -OCH3 is 1. The van der Waals surface area contributed by atoms with Gasteiger partial charge in [0.2, 0.25) is 0 Å². The molecule has 0 bridgehead atoms. The summed E-state index contributed by atoms with van der Waals surface area (Å²) >= 11 is 0. The van der Waals surface area contributed by atoms with E-state index in [-0.39, 0.29) is 17.9 Å². The Labute approximate surface area is 209 Å². The Balaban J connectivity index is 1.87. The molecule has 1 unspecified atom stereocenters. The van der Waals surface area contributed by atoms with E-state index in [2.05, 4.69) is 0 Å². The number of carbonyl (C=O) groups excluding carboxylic acids is 3.